The lowest BCUT2D eigenvalue weighted by Crippen LogP contribution is -2.39. The summed E-state index contributed by atoms with van der Waals surface area (Å²) in [6.45, 7) is 24.5. The highest BCUT2D eigenvalue weighted by Gasteiger charge is 2.13. The first kappa shape index (κ1) is 31.4. The quantitative estimate of drug-likeness (QED) is 0.616. The number of ketones is 1. The van der Waals surface area contributed by atoms with Gasteiger partial charge in [-0.15, -0.1) is 12.3 Å². The van der Waals surface area contributed by atoms with E-state index in [0.29, 0.717) is 11.8 Å². The van der Waals surface area contributed by atoms with Crippen molar-refractivity contribution in [3.05, 3.63) is 0 Å². The van der Waals surface area contributed by atoms with Crippen LogP contribution in [0.4, 0.5) is 0 Å². The molecular formula is C24H48N2O2. The molecule has 1 aliphatic rings. The third-order valence-corrected chi connectivity index (χ3v) is 3.89. The van der Waals surface area contributed by atoms with Gasteiger partial charge in [0.2, 0.25) is 5.91 Å². The van der Waals surface area contributed by atoms with Crippen molar-refractivity contribution < 1.29 is 9.59 Å². The van der Waals surface area contributed by atoms with E-state index in [2.05, 4.69) is 38.5 Å². The minimum Gasteiger partial charge on any atom is -0.346 e. The van der Waals surface area contributed by atoms with Gasteiger partial charge in [-0.05, 0) is 38.3 Å². The van der Waals surface area contributed by atoms with Gasteiger partial charge in [0, 0.05) is 38.9 Å². The zero-order valence-electron chi connectivity index (χ0n) is 20.6. The molecule has 1 heterocycles. The van der Waals surface area contributed by atoms with Gasteiger partial charge in [0.05, 0.1) is 0 Å². The molecule has 0 atom stereocenters. The molecule has 0 radical (unpaired) electrons. The number of hydrogen-bond donors (Lipinski definition) is 0. The Balaban J connectivity index is -0.000000306. The number of carbonyl (C=O) groups excluding carboxylic acids is 2. The molecule has 0 aromatic heterocycles. The second-order valence-corrected chi connectivity index (χ2v) is 8.93. The average molecular weight is 397 g/mol. The van der Waals surface area contributed by atoms with Crippen LogP contribution in [0.15, 0.2) is 0 Å². The molecule has 0 saturated carbocycles. The molecule has 4 heteroatoms. The summed E-state index contributed by atoms with van der Waals surface area (Å²) in [6, 6.07) is 0. The lowest BCUT2D eigenvalue weighted by molar-refractivity contribution is -0.128. The van der Waals surface area contributed by atoms with Crippen molar-refractivity contribution in [3.63, 3.8) is 0 Å². The van der Waals surface area contributed by atoms with Crippen LogP contribution in [0.25, 0.3) is 0 Å². The van der Waals surface area contributed by atoms with Crippen LogP contribution in [0.1, 0.15) is 75.7 Å². The van der Waals surface area contributed by atoms with Crippen molar-refractivity contribution in [2.45, 2.75) is 75.7 Å². The minimum atomic E-state index is 0.142. The molecule has 4 nitrogen and oxygen atoms in total. The Morgan fingerprint density at radius 2 is 1.36 bits per heavy atom. The molecule has 0 aliphatic carbocycles. The highest BCUT2D eigenvalue weighted by molar-refractivity contribution is 5.77. The molecule has 1 amide bonds. The molecule has 1 rings (SSSR count). The first-order chi connectivity index (χ1) is 12.7. The van der Waals surface area contributed by atoms with Crippen molar-refractivity contribution in [2.24, 2.45) is 23.7 Å². The van der Waals surface area contributed by atoms with Crippen LogP contribution in [0, 0.1) is 36.0 Å². The third-order valence-electron chi connectivity index (χ3n) is 3.89. The van der Waals surface area contributed by atoms with E-state index in [0.717, 1.165) is 12.5 Å². The third kappa shape index (κ3) is 26.9. The number of terminal acetylenes is 1. The fraction of sp³-hybridized carbons (Fsp3) is 0.833. The van der Waals surface area contributed by atoms with Crippen LogP contribution in [-0.4, -0.2) is 54.7 Å². The van der Waals surface area contributed by atoms with Crippen molar-refractivity contribution in [1.29, 1.82) is 0 Å². The van der Waals surface area contributed by atoms with Gasteiger partial charge in [-0.2, -0.15) is 0 Å². The monoisotopic (exact) mass is 396 g/mol. The second-order valence-electron chi connectivity index (χ2n) is 8.93. The Bertz CT molecular complexity index is 430. The fourth-order valence-electron chi connectivity index (χ4n) is 1.76. The van der Waals surface area contributed by atoms with Crippen LogP contribution >= 0.6 is 0 Å². The standard InChI is InChI=1S/C7H15NO.C7H15N.C5H10O.C5H8/c1-6(2)5-8(4)7(3)9;1-7(2)6-8-4-3-5-8;1-4(2)5(3)6;1-4-5(2)3/h6H,5H2,1-4H3;7H,3-6H2,1-2H3;4H,1-3H3;1,5H,2-3H3. The summed E-state index contributed by atoms with van der Waals surface area (Å²) in [5.74, 6) is 4.98. The summed E-state index contributed by atoms with van der Waals surface area (Å²) in [6.07, 6.45) is 6.34. The summed E-state index contributed by atoms with van der Waals surface area (Å²) in [5, 5.41) is 0. The number of carbonyl (C=O) groups is 2. The van der Waals surface area contributed by atoms with Gasteiger partial charge < -0.3 is 9.80 Å². The molecule has 28 heavy (non-hydrogen) atoms. The van der Waals surface area contributed by atoms with Crippen molar-refractivity contribution >= 4 is 11.7 Å². The second kappa shape index (κ2) is 19.0. The van der Waals surface area contributed by atoms with Crippen LogP contribution in [0.5, 0.6) is 0 Å². The van der Waals surface area contributed by atoms with Gasteiger partial charge in [-0.3, -0.25) is 9.59 Å². The van der Waals surface area contributed by atoms with Gasteiger partial charge >= 0.3 is 0 Å². The largest absolute Gasteiger partial charge is 0.346 e. The average Bonchev–Trinajstić information content (AvgIpc) is 2.51. The smallest absolute Gasteiger partial charge is 0.219 e. The summed E-state index contributed by atoms with van der Waals surface area (Å²) in [7, 11) is 1.82. The van der Waals surface area contributed by atoms with E-state index >= 15 is 0 Å². The number of nitrogens with zero attached hydrogens (tertiary/aromatic N) is 2. The number of rotatable bonds is 5. The van der Waals surface area contributed by atoms with E-state index in [1.165, 1.54) is 26.1 Å². The Morgan fingerprint density at radius 1 is 0.964 bits per heavy atom. The highest BCUT2D eigenvalue weighted by Crippen LogP contribution is 2.07. The Morgan fingerprint density at radius 3 is 1.43 bits per heavy atom. The molecule has 0 unspecified atom stereocenters. The van der Waals surface area contributed by atoms with E-state index < -0.39 is 0 Å². The van der Waals surface area contributed by atoms with Crippen LogP contribution in [0.2, 0.25) is 0 Å². The molecule has 0 aromatic carbocycles. The maximum absolute atomic E-state index is 10.6. The SMILES string of the molecule is C#CC(C)C.CC(=O)C(C)C.CC(=O)N(C)CC(C)C.CC(C)CN1CCC1. The zero-order valence-corrected chi connectivity index (χ0v) is 20.6. The van der Waals surface area contributed by atoms with Gasteiger partial charge in [0.1, 0.15) is 5.78 Å². The van der Waals surface area contributed by atoms with Gasteiger partial charge in [-0.1, -0.05) is 55.4 Å². The van der Waals surface area contributed by atoms with Crippen LogP contribution in [0.3, 0.4) is 0 Å². The minimum absolute atomic E-state index is 0.142. The maximum Gasteiger partial charge on any atom is 0.219 e. The summed E-state index contributed by atoms with van der Waals surface area (Å²) in [5.41, 5.74) is 0. The van der Waals surface area contributed by atoms with E-state index in [4.69, 9.17) is 6.42 Å². The molecule has 1 aliphatic heterocycles. The molecule has 166 valence electrons. The first-order valence-electron chi connectivity index (χ1n) is 10.6. The molecule has 1 saturated heterocycles. The Kier molecular flexibility index (Phi) is 21.3. The molecule has 0 N–H and O–H groups in total. The van der Waals surface area contributed by atoms with E-state index in [1.54, 1.807) is 18.7 Å². The van der Waals surface area contributed by atoms with Crippen LogP contribution in [-0.2, 0) is 9.59 Å². The first-order valence-corrected chi connectivity index (χ1v) is 10.6. The van der Waals surface area contributed by atoms with Gasteiger partial charge in [-0.25, -0.2) is 0 Å². The fourth-order valence-corrected chi connectivity index (χ4v) is 1.76. The number of Topliss-reactive ketones (excluding diaryl/α,β-unsaturated/α-hetero) is 1. The van der Waals surface area contributed by atoms with Gasteiger partial charge in [0.25, 0.3) is 0 Å². The lowest BCUT2D eigenvalue weighted by Gasteiger charge is -2.31. The molecule has 1 fully saturated rings. The molecular weight excluding hydrogens is 348 g/mol. The Hall–Kier alpha value is -1.34. The number of hydrogen-bond acceptors (Lipinski definition) is 3. The predicted molar refractivity (Wildman–Crippen MR) is 123 cm³/mol. The molecule has 0 bridgehead atoms. The summed E-state index contributed by atoms with van der Waals surface area (Å²) >= 11 is 0. The zero-order chi connectivity index (χ0) is 22.9. The predicted octanol–water partition coefficient (Wildman–Crippen LogP) is 4.98. The van der Waals surface area contributed by atoms with E-state index in [1.807, 2.05) is 34.7 Å². The normalized spacial score (nSPS) is 12.6. The van der Waals surface area contributed by atoms with E-state index in [9.17, 15) is 9.59 Å². The molecule has 0 aromatic rings. The van der Waals surface area contributed by atoms with Crippen LogP contribution < -0.4 is 0 Å². The van der Waals surface area contributed by atoms with E-state index in [-0.39, 0.29) is 17.6 Å². The topological polar surface area (TPSA) is 40.6 Å². The van der Waals surface area contributed by atoms with Gasteiger partial charge in [0.15, 0.2) is 0 Å². The van der Waals surface area contributed by atoms with Crippen molar-refractivity contribution in [2.75, 3.05) is 33.2 Å². The van der Waals surface area contributed by atoms with Crippen molar-refractivity contribution in [1.82, 2.24) is 9.80 Å². The highest BCUT2D eigenvalue weighted by atomic mass is 16.2. The number of likely N-dealkylation sites (tertiary alicyclic amines) is 1. The molecule has 0 spiro atoms. The number of amides is 1. The maximum atomic E-state index is 10.6. The summed E-state index contributed by atoms with van der Waals surface area (Å²) < 4.78 is 0. The van der Waals surface area contributed by atoms with Crippen molar-refractivity contribution in [3.8, 4) is 12.3 Å². The Labute approximate surface area is 176 Å². The summed E-state index contributed by atoms with van der Waals surface area (Å²) in [4.78, 5) is 25.0. The lowest BCUT2D eigenvalue weighted by atomic mass is 10.1.